The highest BCUT2D eigenvalue weighted by atomic mass is 16.7. The zero-order valence-corrected chi connectivity index (χ0v) is 14.7. The second-order valence-corrected chi connectivity index (χ2v) is 8.03. The molecule has 2 rings (SSSR count). The minimum absolute atomic E-state index is 0.0305. The van der Waals surface area contributed by atoms with Crippen LogP contribution < -0.4 is 0 Å². The predicted octanol–water partition coefficient (Wildman–Crippen LogP) is 0.530. The van der Waals surface area contributed by atoms with Gasteiger partial charge in [0.1, 0.15) is 0 Å². The summed E-state index contributed by atoms with van der Waals surface area (Å²) in [6.45, 7) is 7.71. The number of carboxylic acids is 2. The maximum absolute atomic E-state index is 11.4. The van der Waals surface area contributed by atoms with Crippen molar-refractivity contribution in [3.8, 4) is 0 Å². The number of aliphatic carboxylic acids is 2. The number of carboxylic acid groups (broad SMARTS) is 2. The first kappa shape index (κ1) is 19.1. The van der Waals surface area contributed by atoms with Gasteiger partial charge in [-0.25, -0.2) is 0 Å². The molecule has 24 heavy (non-hydrogen) atoms. The zero-order valence-electron chi connectivity index (χ0n) is 14.7. The fourth-order valence-electron chi connectivity index (χ4n) is 4.23. The summed E-state index contributed by atoms with van der Waals surface area (Å²) in [6, 6.07) is 0. The molecule has 0 amide bonds. The highest BCUT2D eigenvalue weighted by molar-refractivity contribution is 5.98. The average Bonchev–Trinajstić information content (AvgIpc) is 2.42. The molecule has 2 aliphatic rings. The van der Waals surface area contributed by atoms with Gasteiger partial charge in [0.05, 0.1) is 19.8 Å². The van der Waals surface area contributed by atoms with Gasteiger partial charge in [-0.15, -0.1) is 0 Å². The monoisotopic (exact) mass is 345 g/mol. The Hall–Kier alpha value is -1.22. The number of aliphatic hydroxyl groups excluding tert-OH is 1. The highest BCUT2D eigenvalue weighted by Crippen LogP contribution is 2.48. The molecule has 0 aromatic rings. The van der Waals surface area contributed by atoms with Gasteiger partial charge in [0.2, 0.25) is 5.41 Å². The lowest BCUT2D eigenvalue weighted by Gasteiger charge is -2.60. The third-order valence-electron chi connectivity index (χ3n) is 5.17. The van der Waals surface area contributed by atoms with Gasteiger partial charge in [0, 0.05) is 30.5 Å². The van der Waals surface area contributed by atoms with E-state index < -0.39 is 36.4 Å². The molecule has 138 valence electrons. The summed E-state index contributed by atoms with van der Waals surface area (Å²) >= 11 is 0. The minimum Gasteiger partial charge on any atom is -0.480 e. The van der Waals surface area contributed by atoms with E-state index in [1.165, 1.54) is 0 Å². The number of rotatable bonds is 4. The van der Waals surface area contributed by atoms with Gasteiger partial charge in [-0.2, -0.15) is 0 Å². The van der Waals surface area contributed by atoms with Gasteiger partial charge in [-0.05, 0) is 27.7 Å². The van der Waals surface area contributed by atoms with Crippen LogP contribution in [0.2, 0.25) is 0 Å². The molecule has 8 nitrogen and oxygen atoms in total. The predicted molar refractivity (Wildman–Crippen MR) is 83.5 cm³/mol. The molecule has 8 heteroatoms. The lowest BCUT2D eigenvalue weighted by molar-refractivity contribution is -0.336. The third-order valence-corrected chi connectivity index (χ3v) is 5.17. The Balaban J connectivity index is 2.25. The van der Waals surface area contributed by atoms with Crippen molar-refractivity contribution in [1.29, 1.82) is 0 Å². The van der Waals surface area contributed by atoms with Crippen LogP contribution >= 0.6 is 0 Å². The van der Waals surface area contributed by atoms with Gasteiger partial charge in [-0.3, -0.25) is 14.5 Å². The molecular formula is C16H27NO7. The molecule has 0 aliphatic carbocycles. The molecule has 2 heterocycles. The van der Waals surface area contributed by atoms with Crippen LogP contribution in [0.1, 0.15) is 40.5 Å². The molecule has 0 atom stereocenters. The molecule has 0 aromatic heterocycles. The Morgan fingerprint density at radius 2 is 1.38 bits per heavy atom. The molecule has 0 aromatic carbocycles. The Kier molecular flexibility index (Phi) is 4.73. The summed E-state index contributed by atoms with van der Waals surface area (Å²) in [5.74, 6) is -3.94. The molecular weight excluding hydrogens is 318 g/mol. The number of hydrogen-bond acceptors (Lipinski definition) is 6. The SMILES string of the molecule is CC1(C)CC2(CC(C)(C)N1CCO)OCC(C(=O)O)(C(=O)O)CO2. The van der Waals surface area contributed by atoms with E-state index in [9.17, 15) is 24.9 Å². The second-order valence-electron chi connectivity index (χ2n) is 8.03. The number of carbonyl (C=O) groups is 2. The van der Waals surface area contributed by atoms with Crippen molar-refractivity contribution in [3.05, 3.63) is 0 Å². The number of ether oxygens (including phenoxy) is 2. The Morgan fingerprint density at radius 3 is 1.71 bits per heavy atom. The summed E-state index contributed by atoms with van der Waals surface area (Å²) in [6.07, 6.45) is 0.914. The van der Waals surface area contributed by atoms with Gasteiger partial charge in [-0.1, -0.05) is 0 Å². The van der Waals surface area contributed by atoms with E-state index >= 15 is 0 Å². The minimum atomic E-state index is -2.07. The Bertz CT molecular complexity index is 485. The van der Waals surface area contributed by atoms with E-state index in [0.29, 0.717) is 19.4 Å². The van der Waals surface area contributed by atoms with E-state index in [2.05, 4.69) is 4.90 Å². The zero-order chi connectivity index (χ0) is 18.4. The molecule has 2 aliphatic heterocycles. The Labute approximate surface area is 141 Å². The van der Waals surface area contributed by atoms with Crippen LogP contribution in [0.25, 0.3) is 0 Å². The van der Waals surface area contributed by atoms with E-state index in [1.807, 2.05) is 27.7 Å². The first-order valence-corrected chi connectivity index (χ1v) is 8.04. The number of β-amino-alcohol motifs (C(OH)–C–C–N with tert-alkyl or cyclic N) is 1. The van der Waals surface area contributed by atoms with Crippen molar-refractivity contribution in [3.63, 3.8) is 0 Å². The lowest BCUT2D eigenvalue weighted by atomic mass is 9.75. The number of hydrogen-bond donors (Lipinski definition) is 3. The van der Waals surface area contributed by atoms with Crippen molar-refractivity contribution in [2.75, 3.05) is 26.4 Å². The fraction of sp³-hybridized carbons (Fsp3) is 0.875. The number of piperidine rings is 1. The largest absolute Gasteiger partial charge is 0.480 e. The molecule has 0 unspecified atom stereocenters. The average molecular weight is 345 g/mol. The van der Waals surface area contributed by atoms with Crippen LogP contribution in [0, 0.1) is 5.41 Å². The molecule has 1 spiro atoms. The summed E-state index contributed by atoms with van der Waals surface area (Å²) < 4.78 is 11.5. The van der Waals surface area contributed by atoms with Gasteiger partial charge in [0.15, 0.2) is 5.79 Å². The molecule has 0 radical (unpaired) electrons. The highest BCUT2D eigenvalue weighted by Gasteiger charge is 2.60. The number of nitrogens with zero attached hydrogens (tertiary/aromatic N) is 1. The lowest BCUT2D eigenvalue weighted by Crippen LogP contribution is -2.69. The van der Waals surface area contributed by atoms with Gasteiger partial charge >= 0.3 is 11.9 Å². The van der Waals surface area contributed by atoms with Gasteiger partial charge in [0.25, 0.3) is 0 Å². The summed E-state index contributed by atoms with van der Waals surface area (Å²) in [4.78, 5) is 25.0. The van der Waals surface area contributed by atoms with Crippen LogP contribution in [-0.4, -0.2) is 75.4 Å². The van der Waals surface area contributed by atoms with Crippen LogP contribution in [0.5, 0.6) is 0 Å². The van der Waals surface area contributed by atoms with Crippen molar-refractivity contribution in [1.82, 2.24) is 4.90 Å². The maximum atomic E-state index is 11.4. The summed E-state index contributed by atoms with van der Waals surface area (Å²) in [5.41, 5.74) is -2.80. The summed E-state index contributed by atoms with van der Waals surface area (Å²) in [7, 11) is 0. The van der Waals surface area contributed by atoms with E-state index in [0.717, 1.165) is 0 Å². The number of likely N-dealkylation sites (tertiary alicyclic amines) is 1. The smallest absolute Gasteiger partial charge is 0.325 e. The standard InChI is InChI=1S/C16H27NO7/c1-13(2)7-16(8-14(3,4)17(13)5-6-18)23-9-15(10-24-16,11(19)20)12(21)22/h18H,5-10H2,1-4H3,(H,19,20)(H,21,22). The second kappa shape index (κ2) is 5.94. The van der Waals surface area contributed by atoms with Crippen LogP contribution in [0.15, 0.2) is 0 Å². The van der Waals surface area contributed by atoms with Crippen LogP contribution in [-0.2, 0) is 19.1 Å². The third kappa shape index (κ3) is 3.03. The summed E-state index contributed by atoms with van der Waals surface area (Å²) in [5, 5.41) is 27.9. The Morgan fingerprint density at radius 1 is 0.958 bits per heavy atom. The van der Waals surface area contributed by atoms with Crippen LogP contribution in [0.3, 0.4) is 0 Å². The van der Waals surface area contributed by atoms with E-state index in [-0.39, 0.29) is 17.7 Å². The first-order chi connectivity index (χ1) is 10.9. The molecule has 2 fully saturated rings. The molecule has 0 saturated carbocycles. The molecule has 3 N–H and O–H groups in total. The van der Waals surface area contributed by atoms with Crippen molar-refractivity contribution in [2.24, 2.45) is 5.41 Å². The van der Waals surface area contributed by atoms with Crippen LogP contribution in [0.4, 0.5) is 0 Å². The van der Waals surface area contributed by atoms with E-state index in [4.69, 9.17) is 9.47 Å². The molecule has 0 bridgehead atoms. The molecule has 2 saturated heterocycles. The maximum Gasteiger partial charge on any atom is 0.325 e. The topological polar surface area (TPSA) is 117 Å². The van der Waals surface area contributed by atoms with E-state index in [1.54, 1.807) is 0 Å². The fourth-order valence-corrected chi connectivity index (χ4v) is 4.23. The van der Waals surface area contributed by atoms with Crippen molar-refractivity contribution in [2.45, 2.75) is 57.4 Å². The van der Waals surface area contributed by atoms with Gasteiger partial charge < -0.3 is 24.8 Å². The number of aliphatic hydroxyl groups is 1. The van der Waals surface area contributed by atoms with Crippen molar-refractivity contribution < 1.29 is 34.4 Å². The quantitative estimate of drug-likeness (QED) is 0.632. The normalized spacial score (nSPS) is 27.7. The first-order valence-electron chi connectivity index (χ1n) is 8.04. The van der Waals surface area contributed by atoms with Crippen molar-refractivity contribution >= 4 is 11.9 Å².